The van der Waals surface area contributed by atoms with Crippen LogP contribution in [0.15, 0.2) is 18.2 Å². The second kappa shape index (κ2) is 12.9. The molecule has 1 aromatic rings. The number of aromatic hydroxyl groups is 1. The lowest BCUT2D eigenvalue weighted by Crippen LogP contribution is -2.54. The lowest BCUT2D eigenvalue weighted by Gasteiger charge is -2.36. The Morgan fingerprint density at radius 2 is 1.81 bits per heavy atom. The summed E-state index contributed by atoms with van der Waals surface area (Å²) in [5.74, 6) is 0.0610. The molecule has 0 radical (unpaired) electrons. The van der Waals surface area contributed by atoms with Crippen molar-refractivity contribution in [2.75, 3.05) is 12.0 Å². The third-order valence-corrected chi connectivity index (χ3v) is 7.48. The van der Waals surface area contributed by atoms with Crippen LogP contribution in [0, 0.1) is 6.92 Å². The average molecular weight is 534 g/mol. The Hall–Kier alpha value is -2.42. The molecule has 2 aliphatic rings. The zero-order chi connectivity index (χ0) is 27.2. The van der Waals surface area contributed by atoms with Gasteiger partial charge in [0, 0.05) is 17.6 Å². The molecule has 0 saturated heterocycles. The zero-order valence-corrected chi connectivity index (χ0v) is 23.7. The summed E-state index contributed by atoms with van der Waals surface area (Å²) in [7, 11) is 0. The van der Waals surface area contributed by atoms with Gasteiger partial charge in [-0.25, -0.2) is 4.79 Å². The molecule has 0 aromatic heterocycles. The van der Waals surface area contributed by atoms with Gasteiger partial charge in [0.25, 0.3) is 0 Å². The predicted octanol–water partition coefficient (Wildman–Crippen LogP) is 4.83. The van der Waals surface area contributed by atoms with Crippen molar-refractivity contribution >= 4 is 29.7 Å². The highest BCUT2D eigenvalue weighted by Gasteiger charge is 2.45. The highest BCUT2D eigenvalue weighted by Crippen LogP contribution is 2.39. The van der Waals surface area contributed by atoms with E-state index in [0.29, 0.717) is 23.3 Å². The molecule has 2 saturated carbocycles. The number of carbonyl (C=O) groups excluding carboxylic acids is 3. The van der Waals surface area contributed by atoms with Crippen LogP contribution in [0.1, 0.15) is 89.3 Å². The number of hydrogen-bond donors (Lipinski definition) is 3. The highest BCUT2D eigenvalue weighted by atomic mass is 32.2. The van der Waals surface area contributed by atoms with Crippen LogP contribution < -0.4 is 10.6 Å². The van der Waals surface area contributed by atoms with E-state index in [2.05, 4.69) is 10.6 Å². The Morgan fingerprint density at radius 1 is 1.14 bits per heavy atom. The Labute approximate surface area is 225 Å². The van der Waals surface area contributed by atoms with E-state index in [1.807, 2.05) is 6.26 Å². The van der Waals surface area contributed by atoms with Crippen molar-refractivity contribution in [3.05, 3.63) is 29.3 Å². The van der Waals surface area contributed by atoms with Gasteiger partial charge in [0.15, 0.2) is 0 Å². The summed E-state index contributed by atoms with van der Waals surface area (Å²) in [5.41, 5.74) is 0.347. The normalized spacial score (nSPS) is 18.0. The van der Waals surface area contributed by atoms with E-state index in [4.69, 9.17) is 4.74 Å². The molecule has 2 fully saturated rings. The minimum Gasteiger partial charge on any atom is -0.507 e. The fraction of sp³-hybridized carbons (Fsp3) is 0.679. The van der Waals surface area contributed by atoms with Crippen molar-refractivity contribution in [1.82, 2.24) is 15.5 Å². The van der Waals surface area contributed by atoms with Gasteiger partial charge in [0.1, 0.15) is 23.4 Å². The largest absolute Gasteiger partial charge is 0.507 e. The van der Waals surface area contributed by atoms with Crippen LogP contribution in [-0.4, -0.2) is 63.6 Å². The Bertz CT molecular complexity index is 954. The number of carbonyl (C=O) groups is 3. The lowest BCUT2D eigenvalue weighted by molar-refractivity contribution is -0.143. The van der Waals surface area contributed by atoms with Gasteiger partial charge in [-0.1, -0.05) is 37.5 Å². The number of ether oxygens (including phenoxy) is 1. The summed E-state index contributed by atoms with van der Waals surface area (Å²) >= 11 is 1.58. The maximum atomic E-state index is 14.1. The summed E-state index contributed by atoms with van der Waals surface area (Å²) in [6.45, 7) is 7.10. The Morgan fingerprint density at radius 3 is 2.41 bits per heavy atom. The van der Waals surface area contributed by atoms with Crippen LogP contribution in [0.4, 0.5) is 4.79 Å². The standard InChI is InChI=1S/C28H43N3O5S/c1-18-10-9-13-21(24(18)32)23(25(33)29-19-11-7-6-8-12-19)31(20-14-15-20)26(34)22(16-17-37-5)30-27(35)36-28(2,3)4/h9-10,13,19-20,22-23,32H,6-8,11-12,14-17H2,1-5H3,(H,29,33)(H,30,35). The van der Waals surface area contributed by atoms with Gasteiger partial charge in [-0.15, -0.1) is 0 Å². The number of phenols is 1. The fourth-order valence-corrected chi connectivity index (χ4v) is 5.31. The fourth-order valence-electron chi connectivity index (χ4n) is 4.84. The summed E-state index contributed by atoms with van der Waals surface area (Å²) in [4.78, 5) is 42.2. The first-order valence-electron chi connectivity index (χ1n) is 13.4. The minimum atomic E-state index is -0.987. The molecule has 3 rings (SSSR count). The van der Waals surface area contributed by atoms with Crippen LogP contribution in [0.5, 0.6) is 5.75 Å². The van der Waals surface area contributed by atoms with Crippen molar-refractivity contribution in [2.24, 2.45) is 0 Å². The van der Waals surface area contributed by atoms with E-state index in [1.165, 1.54) is 0 Å². The summed E-state index contributed by atoms with van der Waals surface area (Å²) in [5, 5.41) is 16.9. The second-order valence-electron chi connectivity index (χ2n) is 11.2. The monoisotopic (exact) mass is 533 g/mol. The quantitative estimate of drug-likeness (QED) is 0.398. The number of benzene rings is 1. The van der Waals surface area contributed by atoms with E-state index in [-0.39, 0.29) is 29.6 Å². The topological polar surface area (TPSA) is 108 Å². The molecule has 206 valence electrons. The summed E-state index contributed by atoms with van der Waals surface area (Å²) in [6, 6.07) is 3.38. The molecule has 2 aliphatic carbocycles. The van der Waals surface area contributed by atoms with E-state index in [0.717, 1.165) is 44.9 Å². The van der Waals surface area contributed by atoms with Crippen LogP contribution >= 0.6 is 11.8 Å². The Balaban J connectivity index is 1.96. The molecule has 37 heavy (non-hydrogen) atoms. The Kier molecular flexibility index (Phi) is 10.2. The van der Waals surface area contributed by atoms with E-state index in [9.17, 15) is 19.5 Å². The number of phenolic OH excluding ortho intramolecular Hbond substituents is 1. The molecule has 0 aliphatic heterocycles. The molecule has 1 aromatic carbocycles. The van der Waals surface area contributed by atoms with Crippen LogP contribution in [-0.2, 0) is 14.3 Å². The summed E-state index contributed by atoms with van der Waals surface area (Å²) in [6.07, 6.45) is 8.33. The molecule has 0 bridgehead atoms. The molecular formula is C28H43N3O5S. The minimum absolute atomic E-state index is 0.0190. The first-order chi connectivity index (χ1) is 17.5. The van der Waals surface area contributed by atoms with E-state index < -0.39 is 23.8 Å². The van der Waals surface area contributed by atoms with Crippen LogP contribution in [0.3, 0.4) is 0 Å². The summed E-state index contributed by atoms with van der Waals surface area (Å²) < 4.78 is 5.44. The highest BCUT2D eigenvalue weighted by molar-refractivity contribution is 7.98. The molecule has 9 heteroatoms. The molecule has 2 unspecified atom stereocenters. The number of hydrogen-bond acceptors (Lipinski definition) is 6. The maximum absolute atomic E-state index is 14.1. The van der Waals surface area contributed by atoms with Gasteiger partial charge >= 0.3 is 6.09 Å². The smallest absolute Gasteiger partial charge is 0.408 e. The van der Waals surface area contributed by atoms with E-state index in [1.54, 1.807) is 62.6 Å². The number of nitrogens with zero attached hydrogens (tertiary/aromatic N) is 1. The van der Waals surface area contributed by atoms with Gasteiger partial charge in [-0.05, 0) is 77.4 Å². The molecule has 3 N–H and O–H groups in total. The zero-order valence-electron chi connectivity index (χ0n) is 22.8. The van der Waals surface area contributed by atoms with Crippen molar-refractivity contribution in [3.63, 3.8) is 0 Å². The lowest BCUT2D eigenvalue weighted by atomic mass is 9.94. The average Bonchev–Trinajstić information content (AvgIpc) is 3.66. The number of alkyl carbamates (subject to hydrolysis) is 1. The molecule has 2 atom stereocenters. The third-order valence-electron chi connectivity index (χ3n) is 6.84. The molecule has 0 heterocycles. The third kappa shape index (κ3) is 8.28. The van der Waals surface area contributed by atoms with Crippen molar-refractivity contribution in [3.8, 4) is 5.75 Å². The van der Waals surface area contributed by atoms with Gasteiger partial charge in [-0.2, -0.15) is 11.8 Å². The predicted molar refractivity (Wildman–Crippen MR) is 147 cm³/mol. The number of amides is 3. The molecule has 3 amide bonds. The SMILES string of the molecule is CSCCC(NC(=O)OC(C)(C)C)C(=O)N(C1CC1)C(C(=O)NC1CCCCC1)c1cccc(C)c1O. The maximum Gasteiger partial charge on any atom is 0.408 e. The molecule has 8 nitrogen and oxygen atoms in total. The first kappa shape index (κ1) is 29.1. The number of aryl methyl sites for hydroxylation is 1. The van der Waals surface area contributed by atoms with Crippen molar-refractivity contribution in [1.29, 1.82) is 0 Å². The van der Waals surface area contributed by atoms with Crippen LogP contribution in [0.25, 0.3) is 0 Å². The van der Waals surface area contributed by atoms with Gasteiger partial charge in [0.2, 0.25) is 11.8 Å². The number of thioether (sulfide) groups is 1. The number of para-hydroxylation sites is 1. The van der Waals surface area contributed by atoms with Crippen molar-refractivity contribution in [2.45, 2.75) is 109 Å². The molecular weight excluding hydrogens is 490 g/mol. The second-order valence-corrected chi connectivity index (χ2v) is 12.2. The van der Waals surface area contributed by atoms with Gasteiger partial charge in [-0.3, -0.25) is 9.59 Å². The van der Waals surface area contributed by atoms with E-state index >= 15 is 0 Å². The van der Waals surface area contributed by atoms with Crippen molar-refractivity contribution < 1.29 is 24.2 Å². The number of nitrogens with one attached hydrogen (secondary N) is 2. The van der Waals surface area contributed by atoms with Crippen LogP contribution in [0.2, 0.25) is 0 Å². The van der Waals surface area contributed by atoms with Gasteiger partial charge in [0.05, 0.1) is 0 Å². The first-order valence-corrected chi connectivity index (χ1v) is 14.8. The molecule has 0 spiro atoms. The van der Waals surface area contributed by atoms with Gasteiger partial charge < -0.3 is 25.4 Å². The number of rotatable bonds is 10.